The standard InChI is InChI=1S/C55H39NO/c1-55(2)51-25-7-5-20-47(51)48-32-31-43(35-52(48)55)56(41-29-27-37(28-30-41)46-23-12-24-50-49-21-6-8-26-53(49)57-54(46)50)42-18-10-16-39(34-42)38-15-9-17-40(33-38)45-22-11-14-36-13-3-4-19-44(36)45/h3-35H,1-2H3. The van der Waals surface area contributed by atoms with E-state index in [9.17, 15) is 0 Å². The number of furan rings is 1. The van der Waals surface area contributed by atoms with Crippen molar-refractivity contribution < 1.29 is 4.42 Å². The van der Waals surface area contributed by atoms with Crippen molar-refractivity contribution >= 4 is 49.8 Å². The van der Waals surface area contributed by atoms with Crippen LogP contribution in [0.1, 0.15) is 25.0 Å². The average molecular weight is 730 g/mol. The third-order valence-corrected chi connectivity index (χ3v) is 12.1. The molecule has 0 unspecified atom stereocenters. The van der Waals surface area contributed by atoms with Crippen molar-refractivity contribution in [2.24, 2.45) is 0 Å². The van der Waals surface area contributed by atoms with Crippen molar-refractivity contribution in [1.82, 2.24) is 0 Å². The van der Waals surface area contributed by atoms with Crippen LogP contribution in [0.2, 0.25) is 0 Å². The number of benzene rings is 9. The summed E-state index contributed by atoms with van der Waals surface area (Å²) < 4.78 is 6.45. The fraction of sp³-hybridized carbons (Fsp3) is 0.0545. The van der Waals surface area contributed by atoms with E-state index in [2.05, 4.69) is 207 Å². The van der Waals surface area contributed by atoms with Crippen LogP contribution in [0.3, 0.4) is 0 Å². The van der Waals surface area contributed by atoms with Gasteiger partial charge in [-0.3, -0.25) is 0 Å². The van der Waals surface area contributed by atoms with Gasteiger partial charge in [-0.1, -0.05) is 166 Å². The molecular weight excluding hydrogens is 691 g/mol. The van der Waals surface area contributed by atoms with E-state index < -0.39 is 0 Å². The predicted octanol–water partition coefficient (Wildman–Crippen LogP) is 15.5. The Bertz CT molecular complexity index is 3160. The summed E-state index contributed by atoms with van der Waals surface area (Å²) in [5.41, 5.74) is 17.4. The lowest BCUT2D eigenvalue weighted by Crippen LogP contribution is -2.16. The topological polar surface area (TPSA) is 16.4 Å². The smallest absolute Gasteiger partial charge is 0.143 e. The molecule has 0 saturated carbocycles. The molecule has 270 valence electrons. The minimum Gasteiger partial charge on any atom is -0.455 e. The molecule has 11 rings (SSSR count). The Labute approximate surface area is 332 Å². The zero-order valence-electron chi connectivity index (χ0n) is 31.9. The first-order chi connectivity index (χ1) is 28.0. The van der Waals surface area contributed by atoms with Gasteiger partial charge in [-0.15, -0.1) is 0 Å². The highest BCUT2D eigenvalue weighted by atomic mass is 16.3. The molecule has 10 aromatic rings. The normalized spacial score (nSPS) is 12.9. The zero-order chi connectivity index (χ0) is 38.1. The number of nitrogens with zero attached hydrogens (tertiary/aromatic N) is 1. The highest BCUT2D eigenvalue weighted by molar-refractivity contribution is 6.09. The minimum absolute atomic E-state index is 0.118. The molecule has 0 saturated heterocycles. The Morgan fingerprint density at radius 3 is 1.86 bits per heavy atom. The summed E-state index contributed by atoms with van der Waals surface area (Å²) in [7, 11) is 0. The Hall–Kier alpha value is -7.16. The maximum absolute atomic E-state index is 6.45. The third-order valence-electron chi connectivity index (χ3n) is 12.1. The van der Waals surface area contributed by atoms with Crippen LogP contribution in [0.5, 0.6) is 0 Å². The number of rotatable bonds is 6. The van der Waals surface area contributed by atoms with E-state index in [-0.39, 0.29) is 5.41 Å². The summed E-state index contributed by atoms with van der Waals surface area (Å²) in [4.78, 5) is 2.41. The summed E-state index contributed by atoms with van der Waals surface area (Å²) in [6.45, 7) is 4.70. The van der Waals surface area contributed by atoms with Crippen molar-refractivity contribution in [3.05, 3.63) is 211 Å². The zero-order valence-corrected chi connectivity index (χ0v) is 31.9. The quantitative estimate of drug-likeness (QED) is 0.169. The summed E-state index contributed by atoms with van der Waals surface area (Å²) in [5, 5.41) is 4.79. The number of hydrogen-bond acceptors (Lipinski definition) is 2. The van der Waals surface area contributed by atoms with Crippen molar-refractivity contribution in [2.45, 2.75) is 19.3 Å². The summed E-state index contributed by atoms with van der Waals surface area (Å²) in [6.07, 6.45) is 0. The van der Waals surface area contributed by atoms with Crippen molar-refractivity contribution in [3.63, 3.8) is 0 Å². The highest BCUT2D eigenvalue weighted by Crippen LogP contribution is 2.51. The molecule has 1 aromatic heterocycles. The fourth-order valence-corrected chi connectivity index (χ4v) is 9.21. The van der Waals surface area contributed by atoms with E-state index in [1.165, 1.54) is 55.3 Å². The van der Waals surface area contributed by atoms with Crippen LogP contribution < -0.4 is 4.90 Å². The van der Waals surface area contributed by atoms with Crippen molar-refractivity contribution in [2.75, 3.05) is 4.90 Å². The minimum atomic E-state index is -0.118. The van der Waals surface area contributed by atoms with Gasteiger partial charge in [-0.05, 0) is 109 Å². The predicted molar refractivity (Wildman–Crippen MR) is 240 cm³/mol. The van der Waals surface area contributed by atoms with Gasteiger partial charge in [-0.2, -0.15) is 0 Å². The van der Waals surface area contributed by atoms with E-state index in [1.54, 1.807) is 0 Å². The largest absolute Gasteiger partial charge is 0.455 e. The van der Waals surface area contributed by atoms with Gasteiger partial charge in [0.25, 0.3) is 0 Å². The van der Waals surface area contributed by atoms with Crippen LogP contribution in [-0.2, 0) is 5.41 Å². The fourth-order valence-electron chi connectivity index (χ4n) is 9.21. The molecule has 57 heavy (non-hydrogen) atoms. The summed E-state index contributed by atoms with van der Waals surface area (Å²) in [6, 6.07) is 72.7. The lowest BCUT2D eigenvalue weighted by atomic mass is 9.82. The van der Waals surface area contributed by atoms with Crippen molar-refractivity contribution in [3.8, 4) is 44.5 Å². The van der Waals surface area contributed by atoms with E-state index >= 15 is 0 Å². The maximum atomic E-state index is 6.45. The molecule has 0 radical (unpaired) electrons. The van der Waals surface area contributed by atoms with Gasteiger partial charge in [0, 0.05) is 38.8 Å². The molecule has 1 aliphatic carbocycles. The molecule has 0 atom stereocenters. The lowest BCUT2D eigenvalue weighted by Gasteiger charge is -2.28. The Kier molecular flexibility index (Phi) is 7.55. The SMILES string of the molecule is CC1(C)c2ccccc2-c2ccc(N(c3ccc(-c4cccc5c4oc4ccccc45)cc3)c3cccc(-c4cccc(-c5cccc6ccccc56)c4)c3)cc21. The molecule has 1 heterocycles. The van der Waals surface area contributed by atoms with Crippen LogP contribution >= 0.6 is 0 Å². The number of hydrogen-bond donors (Lipinski definition) is 0. The molecule has 2 nitrogen and oxygen atoms in total. The Morgan fingerprint density at radius 2 is 0.965 bits per heavy atom. The van der Waals surface area contributed by atoms with Crippen molar-refractivity contribution in [1.29, 1.82) is 0 Å². The molecule has 0 amide bonds. The van der Waals surface area contributed by atoms with E-state index in [4.69, 9.17) is 4.42 Å². The summed E-state index contributed by atoms with van der Waals surface area (Å²) in [5.74, 6) is 0. The molecule has 0 bridgehead atoms. The Balaban J connectivity index is 1.04. The van der Waals surface area contributed by atoms with E-state index in [0.29, 0.717) is 0 Å². The first-order valence-electron chi connectivity index (χ1n) is 19.8. The number of anilines is 3. The second-order valence-electron chi connectivity index (χ2n) is 15.7. The molecule has 0 aliphatic heterocycles. The second kappa shape index (κ2) is 13.0. The first kappa shape index (κ1) is 33.2. The third kappa shape index (κ3) is 5.40. The van der Waals surface area contributed by atoms with Crippen LogP contribution in [0.25, 0.3) is 77.2 Å². The molecule has 0 N–H and O–H groups in total. The monoisotopic (exact) mass is 729 g/mol. The van der Waals surface area contributed by atoms with Crippen LogP contribution in [0.15, 0.2) is 205 Å². The van der Waals surface area contributed by atoms with Gasteiger partial charge >= 0.3 is 0 Å². The molecule has 1 aliphatic rings. The Morgan fingerprint density at radius 1 is 0.368 bits per heavy atom. The van der Waals surface area contributed by atoms with Gasteiger partial charge in [0.2, 0.25) is 0 Å². The summed E-state index contributed by atoms with van der Waals surface area (Å²) >= 11 is 0. The molecule has 0 fully saturated rings. The molecule has 9 aromatic carbocycles. The van der Waals surface area contributed by atoms with Gasteiger partial charge in [0.15, 0.2) is 0 Å². The molecular formula is C55H39NO. The average Bonchev–Trinajstić information content (AvgIpc) is 3.76. The first-order valence-corrected chi connectivity index (χ1v) is 19.8. The maximum Gasteiger partial charge on any atom is 0.143 e. The number of fused-ring (bicyclic) bond motifs is 7. The highest BCUT2D eigenvalue weighted by Gasteiger charge is 2.35. The lowest BCUT2D eigenvalue weighted by molar-refractivity contribution is 0.660. The van der Waals surface area contributed by atoms with E-state index in [0.717, 1.165) is 50.1 Å². The number of para-hydroxylation sites is 2. The van der Waals surface area contributed by atoms with Crippen LogP contribution in [-0.4, -0.2) is 0 Å². The van der Waals surface area contributed by atoms with Gasteiger partial charge in [-0.25, -0.2) is 0 Å². The second-order valence-corrected chi connectivity index (χ2v) is 15.7. The van der Waals surface area contributed by atoms with Gasteiger partial charge < -0.3 is 9.32 Å². The van der Waals surface area contributed by atoms with Gasteiger partial charge in [0.05, 0.1) is 0 Å². The van der Waals surface area contributed by atoms with Crippen LogP contribution in [0, 0.1) is 0 Å². The van der Waals surface area contributed by atoms with E-state index in [1.807, 2.05) is 12.1 Å². The molecule has 2 heteroatoms. The van der Waals surface area contributed by atoms with Gasteiger partial charge in [0.1, 0.15) is 11.2 Å². The molecule has 0 spiro atoms. The van der Waals surface area contributed by atoms with Crippen LogP contribution in [0.4, 0.5) is 17.1 Å².